The molecule has 0 amide bonds. The molecule has 0 saturated carbocycles. The van der Waals surface area contributed by atoms with E-state index in [-0.39, 0.29) is 0 Å². The van der Waals surface area contributed by atoms with E-state index in [1.54, 1.807) is 0 Å². The first-order valence-electron chi connectivity index (χ1n) is 7.23. The summed E-state index contributed by atoms with van der Waals surface area (Å²) < 4.78 is 0. The van der Waals surface area contributed by atoms with Crippen LogP contribution in [0.4, 0.5) is 5.82 Å². The van der Waals surface area contributed by atoms with Crippen LogP contribution in [0.2, 0.25) is 5.02 Å². The first-order chi connectivity index (χ1) is 9.11. The van der Waals surface area contributed by atoms with Crippen molar-refractivity contribution in [3.63, 3.8) is 0 Å². The summed E-state index contributed by atoms with van der Waals surface area (Å²) in [6.45, 7) is 10.6. The number of piperidine rings is 1. The molecular weight excluding hydrogens is 258 g/mol. The molecule has 0 aliphatic carbocycles. The molecule has 106 valence electrons. The Morgan fingerprint density at radius 3 is 2.84 bits per heavy atom. The number of anilines is 1. The molecule has 0 aromatic carbocycles. The van der Waals surface area contributed by atoms with E-state index in [4.69, 9.17) is 16.6 Å². The van der Waals surface area contributed by atoms with Gasteiger partial charge in [-0.2, -0.15) is 0 Å². The quantitative estimate of drug-likeness (QED) is 0.918. The van der Waals surface area contributed by atoms with Gasteiger partial charge in [0, 0.05) is 19.6 Å². The predicted molar refractivity (Wildman–Crippen MR) is 81.8 cm³/mol. The van der Waals surface area contributed by atoms with Gasteiger partial charge in [0.1, 0.15) is 5.82 Å². The van der Waals surface area contributed by atoms with E-state index in [9.17, 15) is 0 Å². The van der Waals surface area contributed by atoms with E-state index in [0.29, 0.717) is 0 Å². The van der Waals surface area contributed by atoms with E-state index < -0.39 is 0 Å². The van der Waals surface area contributed by atoms with Gasteiger partial charge in [0.2, 0.25) is 0 Å². The lowest BCUT2D eigenvalue weighted by molar-refractivity contribution is 0.322. The maximum atomic E-state index is 6.20. The SMILES string of the molecule is CCNCc1nc(N2CCC(C)C(C)C2)ccc1Cl. The maximum absolute atomic E-state index is 6.20. The summed E-state index contributed by atoms with van der Waals surface area (Å²) in [5.74, 6) is 2.60. The van der Waals surface area contributed by atoms with Gasteiger partial charge in [0.25, 0.3) is 0 Å². The van der Waals surface area contributed by atoms with Crippen molar-refractivity contribution in [3.8, 4) is 0 Å². The van der Waals surface area contributed by atoms with Crippen molar-refractivity contribution in [2.45, 2.75) is 33.7 Å². The first-order valence-corrected chi connectivity index (χ1v) is 7.60. The zero-order chi connectivity index (χ0) is 13.8. The number of aromatic nitrogens is 1. The zero-order valence-corrected chi connectivity index (χ0v) is 12.9. The maximum Gasteiger partial charge on any atom is 0.128 e. The van der Waals surface area contributed by atoms with Crippen LogP contribution in [0, 0.1) is 11.8 Å². The van der Waals surface area contributed by atoms with Gasteiger partial charge >= 0.3 is 0 Å². The van der Waals surface area contributed by atoms with Gasteiger partial charge in [-0.1, -0.05) is 32.4 Å². The van der Waals surface area contributed by atoms with Crippen LogP contribution in [-0.4, -0.2) is 24.6 Å². The Hall–Kier alpha value is -0.800. The van der Waals surface area contributed by atoms with E-state index in [1.165, 1.54) is 6.42 Å². The molecule has 2 rings (SSSR count). The molecule has 1 fully saturated rings. The molecule has 1 aromatic heterocycles. The monoisotopic (exact) mass is 281 g/mol. The Bertz CT molecular complexity index is 422. The Kier molecular flexibility index (Phi) is 5.06. The van der Waals surface area contributed by atoms with Crippen molar-refractivity contribution in [2.24, 2.45) is 11.8 Å². The highest BCUT2D eigenvalue weighted by Crippen LogP contribution is 2.27. The van der Waals surface area contributed by atoms with Gasteiger partial charge in [-0.25, -0.2) is 4.98 Å². The number of hydrogen-bond donors (Lipinski definition) is 1. The van der Waals surface area contributed by atoms with Gasteiger partial charge in [-0.15, -0.1) is 0 Å². The van der Waals surface area contributed by atoms with Crippen LogP contribution in [0.25, 0.3) is 0 Å². The van der Waals surface area contributed by atoms with Crippen LogP contribution < -0.4 is 10.2 Å². The normalized spacial score (nSPS) is 23.7. The van der Waals surface area contributed by atoms with E-state index in [0.717, 1.165) is 54.5 Å². The Morgan fingerprint density at radius 2 is 2.16 bits per heavy atom. The van der Waals surface area contributed by atoms with Crippen molar-refractivity contribution in [2.75, 3.05) is 24.5 Å². The largest absolute Gasteiger partial charge is 0.356 e. The molecule has 2 unspecified atom stereocenters. The molecule has 1 aromatic rings. The van der Waals surface area contributed by atoms with Crippen molar-refractivity contribution in [1.29, 1.82) is 0 Å². The number of hydrogen-bond acceptors (Lipinski definition) is 3. The molecule has 0 bridgehead atoms. The second-order valence-electron chi connectivity index (χ2n) is 5.57. The second kappa shape index (κ2) is 6.58. The minimum Gasteiger partial charge on any atom is -0.356 e. The lowest BCUT2D eigenvalue weighted by atomic mass is 9.89. The third-order valence-corrected chi connectivity index (χ3v) is 4.45. The lowest BCUT2D eigenvalue weighted by Gasteiger charge is -2.36. The highest BCUT2D eigenvalue weighted by atomic mass is 35.5. The lowest BCUT2D eigenvalue weighted by Crippen LogP contribution is -2.39. The molecule has 4 heteroatoms. The Morgan fingerprint density at radius 1 is 1.37 bits per heavy atom. The summed E-state index contributed by atoms with van der Waals surface area (Å²) in [4.78, 5) is 7.11. The smallest absolute Gasteiger partial charge is 0.128 e. The van der Waals surface area contributed by atoms with Gasteiger partial charge in [0.15, 0.2) is 0 Å². The number of nitrogens with one attached hydrogen (secondary N) is 1. The van der Waals surface area contributed by atoms with Crippen LogP contribution >= 0.6 is 11.6 Å². The van der Waals surface area contributed by atoms with Crippen LogP contribution in [-0.2, 0) is 6.54 Å². The average molecular weight is 282 g/mol. The zero-order valence-electron chi connectivity index (χ0n) is 12.1. The van der Waals surface area contributed by atoms with Crippen LogP contribution in [0.15, 0.2) is 12.1 Å². The summed E-state index contributed by atoms with van der Waals surface area (Å²) in [6, 6.07) is 4.01. The van der Waals surface area contributed by atoms with Crippen LogP contribution in [0.5, 0.6) is 0 Å². The Labute approximate surface area is 121 Å². The minimum absolute atomic E-state index is 0.725. The fraction of sp³-hybridized carbons (Fsp3) is 0.667. The summed E-state index contributed by atoms with van der Waals surface area (Å²) in [6.07, 6.45) is 1.24. The van der Waals surface area contributed by atoms with E-state index >= 15 is 0 Å². The van der Waals surface area contributed by atoms with Crippen molar-refractivity contribution >= 4 is 17.4 Å². The van der Waals surface area contributed by atoms with Gasteiger partial charge in [0.05, 0.1) is 10.7 Å². The standard InChI is InChI=1S/C15H24ClN3/c1-4-17-9-14-13(16)5-6-15(18-14)19-8-7-11(2)12(3)10-19/h5-6,11-12,17H,4,7-10H2,1-3H3. The summed E-state index contributed by atoms with van der Waals surface area (Å²) in [5, 5.41) is 4.04. The molecule has 1 N–H and O–H groups in total. The molecule has 2 atom stereocenters. The van der Waals surface area contributed by atoms with Gasteiger partial charge in [-0.05, 0) is 36.9 Å². The minimum atomic E-state index is 0.725. The molecule has 1 aliphatic rings. The number of pyridine rings is 1. The predicted octanol–water partition coefficient (Wildman–Crippen LogP) is 3.33. The summed E-state index contributed by atoms with van der Waals surface area (Å²) in [7, 11) is 0. The fourth-order valence-electron chi connectivity index (χ4n) is 2.49. The molecule has 19 heavy (non-hydrogen) atoms. The van der Waals surface area contributed by atoms with E-state index in [2.05, 4.69) is 31.0 Å². The highest BCUT2D eigenvalue weighted by molar-refractivity contribution is 6.31. The fourth-order valence-corrected chi connectivity index (χ4v) is 2.66. The molecule has 0 spiro atoms. The van der Waals surface area contributed by atoms with Crippen molar-refractivity contribution < 1.29 is 0 Å². The molecule has 0 radical (unpaired) electrons. The van der Waals surface area contributed by atoms with E-state index in [1.807, 2.05) is 12.1 Å². The number of rotatable bonds is 4. The average Bonchev–Trinajstić information content (AvgIpc) is 2.41. The topological polar surface area (TPSA) is 28.2 Å². The molecular formula is C15H24ClN3. The molecule has 1 saturated heterocycles. The Balaban J connectivity index is 2.11. The molecule has 1 aliphatic heterocycles. The summed E-state index contributed by atoms with van der Waals surface area (Å²) >= 11 is 6.20. The second-order valence-corrected chi connectivity index (χ2v) is 5.97. The third kappa shape index (κ3) is 3.61. The molecule has 2 heterocycles. The highest BCUT2D eigenvalue weighted by Gasteiger charge is 2.23. The third-order valence-electron chi connectivity index (χ3n) is 4.10. The van der Waals surface area contributed by atoms with Gasteiger partial charge < -0.3 is 10.2 Å². The first kappa shape index (κ1) is 14.6. The number of nitrogens with zero attached hydrogens (tertiary/aromatic N) is 2. The summed E-state index contributed by atoms with van der Waals surface area (Å²) in [5.41, 5.74) is 0.951. The van der Waals surface area contributed by atoms with Crippen molar-refractivity contribution in [1.82, 2.24) is 10.3 Å². The number of halogens is 1. The van der Waals surface area contributed by atoms with Crippen molar-refractivity contribution in [3.05, 3.63) is 22.8 Å². The van der Waals surface area contributed by atoms with Crippen LogP contribution in [0.3, 0.4) is 0 Å². The van der Waals surface area contributed by atoms with Crippen LogP contribution in [0.1, 0.15) is 32.9 Å². The van der Waals surface area contributed by atoms with Gasteiger partial charge in [-0.3, -0.25) is 0 Å². The molecule has 3 nitrogen and oxygen atoms in total.